The van der Waals surface area contributed by atoms with Gasteiger partial charge in [-0.15, -0.1) is 0 Å². The molecule has 2 N–H and O–H groups in total. The topological polar surface area (TPSA) is 75.1 Å². The lowest BCUT2D eigenvalue weighted by atomic mass is 9.93. The molecule has 1 unspecified atom stereocenters. The first-order chi connectivity index (χ1) is 8.64. The van der Waals surface area contributed by atoms with Gasteiger partial charge in [0.25, 0.3) is 11.3 Å². The van der Waals surface area contributed by atoms with Crippen LogP contribution in [0.2, 0.25) is 0 Å². The Morgan fingerprint density at radius 2 is 2.33 bits per heavy atom. The number of nitrogens with zero attached hydrogens (tertiary/aromatic N) is 3. The Bertz CT molecular complexity index is 635. The van der Waals surface area contributed by atoms with E-state index in [9.17, 15) is 4.79 Å². The second-order valence-electron chi connectivity index (χ2n) is 4.91. The summed E-state index contributed by atoms with van der Waals surface area (Å²) in [6.07, 6.45) is 3.11. The average molecular weight is 247 g/mol. The van der Waals surface area contributed by atoms with E-state index in [0.29, 0.717) is 11.5 Å². The number of fused-ring (bicyclic) bond motifs is 1. The lowest BCUT2D eigenvalue weighted by molar-refractivity contribution is 0.353. The van der Waals surface area contributed by atoms with Gasteiger partial charge in [-0.2, -0.15) is 9.50 Å². The van der Waals surface area contributed by atoms with Crippen LogP contribution in [0.1, 0.15) is 37.7 Å². The van der Waals surface area contributed by atoms with Crippen molar-refractivity contribution in [3.8, 4) is 0 Å². The van der Waals surface area contributed by atoms with Gasteiger partial charge in [0.05, 0.1) is 5.54 Å². The molecule has 1 aliphatic heterocycles. The molecule has 18 heavy (non-hydrogen) atoms. The maximum Gasteiger partial charge on any atom is 0.274 e. The minimum absolute atomic E-state index is 0.111. The lowest BCUT2D eigenvalue weighted by Crippen LogP contribution is -2.37. The summed E-state index contributed by atoms with van der Waals surface area (Å²) in [6.45, 7) is 4.93. The molecule has 2 aromatic heterocycles. The van der Waals surface area contributed by atoms with Crippen molar-refractivity contribution in [3.05, 3.63) is 27.9 Å². The fourth-order valence-corrected chi connectivity index (χ4v) is 2.68. The molecule has 1 fully saturated rings. The minimum Gasteiger partial charge on any atom is -0.305 e. The molecule has 1 saturated heterocycles. The van der Waals surface area contributed by atoms with Crippen LogP contribution in [-0.4, -0.2) is 26.1 Å². The van der Waals surface area contributed by atoms with Crippen molar-refractivity contribution in [2.75, 3.05) is 6.54 Å². The van der Waals surface area contributed by atoms with Gasteiger partial charge >= 0.3 is 0 Å². The molecule has 0 aliphatic carbocycles. The summed E-state index contributed by atoms with van der Waals surface area (Å²) >= 11 is 0. The zero-order valence-electron chi connectivity index (χ0n) is 10.7. The maximum absolute atomic E-state index is 11.9. The van der Waals surface area contributed by atoms with Gasteiger partial charge in [0, 0.05) is 11.8 Å². The fourth-order valence-electron chi connectivity index (χ4n) is 2.68. The molecule has 1 aliphatic rings. The summed E-state index contributed by atoms with van der Waals surface area (Å²) in [4.78, 5) is 20.6. The van der Waals surface area contributed by atoms with Crippen LogP contribution in [0.5, 0.6) is 0 Å². The highest BCUT2D eigenvalue weighted by atomic mass is 16.1. The van der Waals surface area contributed by atoms with Crippen LogP contribution in [0.25, 0.3) is 5.78 Å². The predicted molar refractivity (Wildman–Crippen MR) is 67.6 cm³/mol. The molecule has 2 aromatic rings. The second-order valence-corrected chi connectivity index (χ2v) is 4.91. The zero-order chi connectivity index (χ0) is 12.8. The minimum atomic E-state index is -0.131. The predicted octanol–water partition coefficient (Wildman–Crippen LogP) is 0.715. The summed E-state index contributed by atoms with van der Waals surface area (Å²) in [5, 5.41) is 6.59. The quantitative estimate of drug-likeness (QED) is 0.819. The van der Waals surface area contributed by atoms with Crippen LogP contribution in [0.4, 0.5) is 0 Å². The second kappa shape index (κ2) is 3.91. The molecule has 0 aromatic carbocycles. The molecule has 1 atom stereocenters. The van der Waals surface area contributed by atoms with Gasteiger partial charge in [-0.3, -0.25) is 9.89 Å². The summed E-state index contributed by atoms with van der Waals surface area (Å²) in [5.74, 6) is 1.27. The maximum atomic E-state index is 11.9. The van der Waals surface area contributed by atoms with E-state index in [4.69, 9.17) is 0 Å². The van der Waals surface area contributed by atoms with E-state index >= 15 is 0 Å². The highest BCUT2D eigenvalue weighted by molar-refractivity contribution is 5.29. The van der Waals surface area contributed by atoms with Gasteiger partial charge in [0.2, 0.25) is 0 Å². The third-order valence-corrected chi connectivity index (χ3v) is 3.76. The molecule has 0 radical (unpaired) electrons. The monoisotopic (exact) mass is 247 g/mol. The van der Waals surface area contributed by atoms with Crippen LogP contribution >= 0.6 is 0 Å². The van der Waals surface area contributed by atoms with Crippen molar-refractivity contribution in [1.82, 2.24) is 24.9 Å². The van der Waals surface area contributed by atoms with Crippen molar-refractivity contribution in [1.29, 1.82) is 0 Å². The Balaban J connectivity index is 2.19. The summed E-state index contributed by atoms with van der Waals surface area (Å²) in [6, 6.07) is 1.51. The van der Waals surface area contributed by atoms with Crippen molar-refractivity contribution < 1.29 is 0 Å². The third-order valence-electron chi connectivity index (χ3n) is 3.76. The Labute approximate surface area is 104 Å². The van der Waals surface area contributed by atoms with E-state index in [1.165, 1.54) is 10.6 Å². The summed E-state index contributed by atoms with van der Waals surface area (Å²) in [5.41, 5.74) is 0.456. The summed E-state index contributed by atoms with van der Waals surface area (Å²) < 4.78 is 1.42. The zero-order valence-corrected chi connectivity index (χ0v) is 10.7. The smallest absolute Gasteiger partial charge is 0.274 e. The number of aromatic nitrogens is 4. The fraction of sp³-hybridized carbons (Fsp3) is 0.583. The number of hydrogen-bond acceptors (Lipinski definition) is 4. The highest BCUT2D eigenvalue weighted by Crippen LogP contribution is 2.31. The van der Waals surface area contributed by atoms with Crippen LogP contribution in [0.15, 0.2) is 10.9 Å². The molecule has 3 heterocycles. The lowest BCUT2D eigenvalue weighted by Gasteiger charge is -2.24. The molecule has 0 bridgehead atoms. The number of rotatable bonds is 2. The SMILES string of the molecule is CCC1(c2nc3nc(C)cc(=O)n3[nH]2)CCCN1. The van der Waals surface area contributed by atoms with Gasteiger partial charge in [-0.05, 0) is 32.7 Å². The third kappa shape index (κ3) is 1.56. The van der Waals surface area contributed by atoms with Gasteiger partial charge < -0.3 is 5.32 Å². The Hall–Kier alpha value is -1.69. The molecule has 96 valence electrons. The van der Waals surface area contributed by atoms with E-state index in [2.05, 4.69) is 27.3 Å². The van der Waals surface area contributed by atoms with Crippen molar-refractivity contribution in [2.24, 2.45) is 0 Å². The van der Waals surface area contributed by atoms with E-state index < -0.39 is 0 Å². The van der Waals surface area contributed by atoms with E-state index in [-0.39, 0.29) is 11.1 Å². The average Bonchev–Trinajstić information content (AvgIpc) is 2.94. The number of H-pyrrole nitrogens is 1. The number of aryl methyl sites for hydroxylation is 1. The molecule has 0 amide bonds. The standard InChI is InChI=1S/C12H17N5O/c1-3-12(5-4-6-13-12)10-15-11-14-8(2)7-9(18)17(11)16-10/h7,13H,3-6H2,1-2H3,(H,14,15,16). The molecule has 0 saturated carbocycles. The number of hydrogen-bond donors (Lipinski definition) is 2. The van der Waals surface area contributed by atoms with Gasteiger partial charge in [-0.25, -0.2) is 4.98 Å². The van der Waals surface area contributed by atoms with Gasteiger partial charge in [0.15, 0.2) is 0 Å². The molecule has 3 rings (SSSR count). The normalized spacial score (nSPS) is 23.9. The molecule has 6 heteroatoms. The van der Waals surface area contributed by atoms with Crippen molar-refractivity contribution >= 4 is 5.78 Å². The summed E-state index contributed by atoms with van der Waals surface area (Å²) in [7, 11) is 0. The Kier molecular flexibility index (Phi) is 2.48. The van der Waals surface area contributed by atoms with E-state index in [0.717, 1.165) is 31.6 Å². The van der Waals surface area contributed by atoms with Crippen LogP contribution < -0.4 is 10.9 Å². The molecular weight excluding hydrogens is 230 g/mol. The van der Waals surface area contributed by atoms with Crippen LogP contribution in [-0.2, 0) is 5.54 Å². The first-order valence-electron chi connectivity index (χ1n) is 6.36. The highest BCUT2D eigenvalue weighted by Gasteiger charge is 2.36. The molecule has 0 spiro atoms. The van der Waals surface area contributed by atoms with E-state index in [1.54, 1.807) is 6.92 Å². The van der Waals surface area contributed by atoms with Crippen molar-refractivity contribution in [3.63, 3.8) is 0 Å². The largest absolute Gasteiger partial charge is 0.305 e. The first-order valence-corrected chi connectivity index (χ1v) is 6.36. The molecule has 6 nitrogen and oxygen atoms in total. The number of aromatic amines is 1. The van der Waals surface area contributed by atoms with Crippen molar-refractivity contribution in [2.45, 2.75) is 38.6 Å². The van der Waals surface area contributed by atoms with Crippen LogP contribution in [0, 0.1) is 6.92 Å². The number of nitrogens with one attached hydrogen (secondary N) is 2. The Morgan fingerprint density at radius 1 is 1.50 bits per heavy atom. The van der Waals surface area contributed by atoms with Gasteiger partial charge in [0.1, 0.15) is 5.82 Å². The Morgan fingerprint density at radius 3 is 3.00 bits per heavy atom. The van der Waals surface area contributed by atoms with Gasteiger partial charge in [-0.1, -0.05) is 6.92 Å². The van der Waals surface area contributed by atoms with E-state index in [1.807, 2.05) is 0 Å². The van der Waals surface area contributed by atoms with Crippen LogP contribution in [0.3, 0.4) is 0 Å². The first kappa shape index (κ1) is 11.4. The molecular formula is C12H17N5O.